The molecule has 0 saturated carbocycles. The molecule has 2 unspecified atom stereocenters. The summed E-state index contributed by atoms with van der Waals surface area (Å²) in [6.45, 7) is 7.59. The number of hydrogen-bond acceptors (Lipinski definition) is 3. The summed E-state index contributed by atoms with van der Waals surface area (Å²) in [5.74, 6) is -2.21. The molecule has 3 atom stereocenters. The van der Waals surface area contributed by atoms with Gasteiger partial charge in [0.1, 0.15) is 0 Å². The predicted octanol–water partition coefficient (Wildman–Crippen LogP) is 1.42. The molecular formula is C21H42N2O3. The Balaban J connectivity index is 4.22. The number of rotatable bonds is 16. The van der Waals surface area contributed by atoms with Crippen molar-refractivity contribution in [3.05, 3.63) is 0 Å². The van der Waals surface area contributed by atoms with Crippen LogP contribution in [0.15, 0.2) is 0 Å². The molecule has 0 aliphatic heterocycles. The van der Waals surface area contributed by atoms with Crippen LogP contribution in [0.1, 0.15) is 78.6 Å². The molecule has 0 bridgehead atoms. The van der Waals surface area contributed by atoms with Gasteiger partial charge >= 0.3 is 0 Å². The summed E-state index contributed by atoms with van der Waals surface area (Å²) in [5.41, 5.74) is 0. The van der Waals surface area contributed by atoms with Crippen molar-refractivity contribution in [3.63, 3.8) is 0 Å². The van der Waals surface area contributed by atoms with Crippen LogP contribution in [0.2, 0.25) is 0 Å². The van der Waals surface area contributed by atoms with E-state index in [2.05, 4.69) is 33.3 Å². The number of carbonyl (C=O) groups excluding carboxylic acids is 2. The highest BCUT2D eigenvalue weighted by Gasteiger charge is 2.26. The maximum Gasteiger partial charge on any atom is 0.223 e. The first kappa shape index (κ1) is 24.9. The summed E-state index contributed by atoms with van der Waals surface area (Å²) >= 11 is 0. The molecule has 0 spiro atoms. The third-order valence-corrected chi connectivity index (χ3v) is 5.18. The van der Waals surface area contributed by atoms with Crippen LogP contribution in [0.3, 0.4) is 0 Å². The molecule has 0 radical (unpaired) electrons. The van der Waals surface area contributed by atoms with Gasteiger partial charge in [0.05, 0.1) is 20.6 Å². The second-order valence-electron chi connectivity index (χ2n) is 8.21. The number of amides is 1. The summed E-state index contributed by atoms with van der Waals surface area (Å²) in [4.78, 5) is 25.2. The van der Waals surface area contributed by atoms with E-state index in [1.807, 2.05) is 0 Å². The van der Waals surface area contributed by atoms with Crippen LogP contribution >= 0.6 is 0 Å². The second kappa shape index (κ2) is 15.0. The molecule has 0 aromatic carbocycles. The van der Waals surface area contributed by atoms with Gasteiger partial charge in [-0.2, -0.15) is 0 Å². The lowest BCUT2D eigenvalue weighted by Crippen LogP contribution is -3.05. The fraction of sp³-hybridized carbons (Fsp3) is 0.905. The van der Waals surface area contributed by atoms with Crippen molar-refractivity contribution < 1.29 is 19.6 Å². The lowest BCUT2D eigenvalue weighted by atomic mass is 9.83. The maximum atomic E-state index is 12.3. The summed E-state index contributed by atoms with van der Waals surface area (Å²) in [6.07, 6.45) is 9.89. The Hall–Kier alpha value is -1.10. The van der Waals surface area contributed by atoms with Crippen molar-refractivity contribution in [1.82, 2.24) is 5.32 Å². The van der Waals surface area contributed by atoms with Crippen molar-refractivity contribution in [2.24, 2.45) is 17.8 Å². The van der Waals surface area contributed by atoms with E-state index in [1.165, 1.54) is 37.0 Å². The summed E-state index contributed by atoms with van der Waals surface area (Å²) in [6, 6.07) is 0. The Morgan fingerprint density at radius 2 is 1.62 bits per heavy atom. The molecule has 0 heterocycles. The van der Waals surface area contributed by atoms with Crippen LogP contribution in [0.5, 0.6) is 0 Å². The van der Waals surface area contributed by atoms with E-state index < -0.39 is 17.8 Å². The smallest absolute Gasteiger partial charge is 0.223 e. The highest BCUT2D eigenvalue weighted by molar-refractivity contribution is 5.83. The van der Waals surface area contributed by atoms with Crippen LogP contribution in [-0.2, 0) is 9.59 Å². The van der Waals surface area contributed by atoms with E-state index in [1.54, 1.807) is 6.92 Å². The normalized spacial score (nSPS) is 14.8. The molecule has 1 amide bonds. The Bertz CT molecular complexity index is 385. The minimum atomic E-state index is -1.10. The predicted molar refractivity (Wildman–Crippen MR) is 105 cm³/mol. The van der Waals surface area contributed by atoms with E-state index in [4.69, 9.17) is 0 Å². The maximum absolute atomic E-state index is 12.3. The van der Waals surface area contributed by atoms with Crippen LogP contribution in [0, 0.1) is 17.8 Å². The van der Waals surface area contributed by atoms with Crippen LogP contribution in [0.4, 0.5) is 0 Å². The number of aliphatic carboxylic acids is 1. The van der Waals surface area contributed by atoms with Gasteiger partial charge in [0.25, 0.3) is 0 Å². The van der Waals surface area contributed by atoms with Gasteiger partial charge in [-0.3, -0.25) is 4.79 Å². The van der Waals surface area contributed by atoms with Gasteiger partial charge in [-0.1, -0.05) is 65.7 Å². The van der Waals surface area contributed by atoms with E-state index in [0.29, 0.717) is 18.9 Å². The SMILES string of the molecule is CCCCCCCC[C@@H](C)CC(C(=O)[O-])C(C)C(=O)NCCC[NH+](C)C. The van der Waals surface area contributed by atoms with Gasteiger partial charge in [-0.05, 0) is 12.3 Å². The Labute approximate surface area is 160 Å². The largest absolute Gasteiger partial charge is 0.550 e. The first-order valence-electron chi connectivity index (χ1n) is 10.6. The monoisotopic (exact) mass is 370 g/mol. The van der Waals surface area contributed by atoms with Crippen molar-refractivity contribution in [2.75, 3.05) is 27.2 Å². The molecule has 0 saturated heterocycles. The average Bonchev–Trinajstić information content (AvgIpc) is 2.58. The summed E-state index contributed by atoms with van der Waals surface area (Å²) < 4.78 is 0. The van der Waals surface area contributed by atoms with Gasteiger partial charge in [0.15, 0.2) is 0 Å². The number of quaternary nitrogens is 1. The standard InChI is InChI=1S/C21H42N2O3/c1-6-7-8-9-10-11-13-17(2)16-19(21(25)26)18(3)20(24)22-14-12-15-23(4)5/h17-19H,6-16H2,1-5H3,(H,22,24)(H,25,26)/t17-,18?,19?/m1/s1. The molecule has 0 rings (SSSR count). The lowest BCUT2D eigenvalue weighted by Gasteiger charge is -2.27. The van der Waals surface area contributed by atoms with Crippen molar-refractivity contribution >= 4 is 11.9 Å². The third-order valence-electron chi connectivity index (χ3n) is 5.18. The van der Waals surface area contributed by atoms with Gasteiger partial charge in [0, 0.05) is 30.8 Å². The molecule has 26 heavy (non-hydrogen) atoms. The Kier molecular flexibility index (Phi) is 14.4. The zero-order valence-corrected chi connectivity index (χ0v) is 17.7. The molecule has 0 aliphatic rings. The minimum absolute atomic E-state index is 0.167. The van der Waals surface area contributed by atoms with Crippen LogP contribution in [-0.4, -0.2) is 39.1 Å². The molecule has 154 valence electrons. The van der Waals surface area contributed by atoms with Gasteiger partial charge in [0.2, 0.25) is 5.91 Å². The topological polar surface area (TPSA) is 73.7 Å². The first-order chi connectivity index (χ1) is 12.3. The summed E-state index contributed by atoms with van der Waals surface area (Å²) in [5, 5.41) is 14.4. The van der Waals surface area contributed by atoms with E-state index in [9.17, 15) is 14.7 Å². The molecular weight excluding hydrogens is 328 g/mol. The summed E-state index contributed by atoms with van der Waals surface area (Å²) in [7, 11) is 4.14. The Morgan fingerprint density at radius 3 is 2.19 bits per heavy atom. The van der Waals surface area contributed by atoms with Gasteiger partial charge in [-0.15, -0.1) is 0 Å². The number of unbranched alkanes of at least 4 members (excludes halogenated alkanes) is 5. The highest BCUT2D eigenvalue weighted by Crippen LogP contribution is 2.24. The third kappa shape index (κ3) is 12.3. The molecule has 2 N–H and O–H groups in total. The van der Waals surface area contributed by atoms with E-state index >= 15 is 0 Å². The van der Waals surface area contributed by atoms with Crippen molar-refractivity contribution in [2.45, 2.75) is 78.6 Å². The minimum Gasteiger partial charge on any atom is -0.550 e. The molecule has 0 fully saturated rings. The zero-order chi connectivity index (χ0) is 19.9. The quantitative estimate of drug-likeness (QED) is 0.404. The Morgan fingerprint density at radius 1 is 1.00 bits per heavy atom. The zero-order valence-electron chi connectivity index (χ0n) is 17.7. The fourth-order valence-corrected chi connectivity index (χ4v) is 3.33. The number of carbonyl (C=O) groups is 2. The number of hydrogen-bond donors (Lipinski definition) is 2. The van der Waals surface area contributed by atoms with Crippen LogP contribution < -0.4 is 15.3 Å². The lowest BCUT2D eigenvalue weighted by molar-refractivity contribution is -0.858. The molecule has 5 nitrogen and oxygen atoms in total. The van der Waals surface area contributed by atoms with Crippen molar-refractivity contribution in [1.29, 1.82) is 0 Å². The number of carboxylic acid groups (broad SMARTS) is 1. The fourth-order valence-electron chi connectivity index (χ4n) is 3.33. The molecule has 0 aliphatic carbocycles. The van der Waals surface area contributed by atoms with Crippen LogP contribution in [0.25, 0.3) is 0 Å². The molecule has 0 aromatic rings. The average molecular weight is 371 g/mol. The van der Waals surface area contributed by atoms with Crippen molar-refractivity contribution in [3.8, 4) is 0 Å². The van der Waals surface area contributed by atoms with Gasteiger partial charge < -0.3 is 20.1 Å². The number of carboxylic acids is 1. The molecule has 5 heteroatoms. The second-order valence-corrected chi connectivity index (χ2v) is 8.21. The van der Waals surface area contributed by atoms with E-state index in [-0.39, 0.29) is 5.91 Å². The van der Waals surface area contributed by atoms with Gasteiger partial charge in [-0.25, -0.2) is 0 Å². The first-order valence-corrected chi connectivity index (χ1v) is 10.6. The number of nitrogens with one attached hydrogen (secondary N) is 2. The molecule has 0 aromatic heterocycles. The highest BCUT2D eigenvalue weighted by atomic mass is 16.4. The van der Waals surface area contributed by atoms with E-state index in [0.717, 1.165) is 25.8 Å².